The number of ether oxygens (including phenoxy) is 2. The number of aryl methyl sites for hydroxylation is 1. The highest BCUT2D eigenvalue weighted by atomic mass is 19.1. The number of nitrogens with two attached hydrogens (primary N) is 1. The lowest BCUT2D eigenvalue weighted by molar-refractivity contribution is 0.152. The Bertz CT molecular complexity index is 999. The average Bonchev–Trinajstić information content (AvgIpc) is 3.02. The summed E-state index contributed by atoms with van der Waals surface area (Å²) in [5.74, 6) is 0.818. The van der Waals surface area contributed by atoms with Crippen molar-refractivity contribution in [3.8, 4) is 17.0 Å². The second-order valence-corrected chi connectivity index (χ2v) is 6.91. The second kappa shape index (κ2) is 10.0. The highest BCUT2D eigenvalue weighted by molar-refractivity contribution is 6.01. The van der Waals surface area contributed by atoms with Crippen molar-refractivity contribution in [2.75, 3.05) is 30.9 Å². The molecule has 2 aromatic carbocycles. The summed E-state index contributed by atoms with van der Waals surface area (Å²) < 4.78 is 24.7. The number of nitrogen functional groups attached to an aromatic ring is 1. The number of hydrogen-bond acceptors (Lipinski definition) is 4. The molecule has 0 spiro atoms. The molecule has 3 rings (SSSR count). The van der Waals surface area contributed by atoms with Crippen molar-refractivity contribution < 1.29 is 18.7 Å². The monoisotopic (exact) mass is 413 g/mol. The zero-order valence-electron chi connectivity index (χ0n) is 17.4. The molecule has 3 aromatic rings. The van der Waals surface area contributed by atoms with Crippen LogP contribution in [-0.4, -0.2) is 30.5 Å². The number of aromatic nitrogens is 1. The number of benzene rings is 2. The maximum absolute atomic E-state index is 12.1. The Morgan fingerprint density at radius 2 is 1.93 bits per heavy atom. The molecule has 0 saturated carbocycles. The van der Waals surface area contributed by atoms with E-state index in [-0.39, 0.29) is 6.61 Å². The summed E-state index contributed by atoms with van der Waals surface area (Å²) in [6, 6.07) is 13.3. The maximum atomic E-state index is 12.1. The van der Waals surface area contributed by atoms with E-state index in [1.165, 1.54) is 0 Å². The Balaban J connectivity index is 1.97. The van der Waals surface area contributed by atoms with Crippen molar-refractivity contribution in [1.82, 2.24) is 4.57 Å². The van der Waals surface area contributed by atoms with E-state index in [4.69, 9.17) is 15.2 Å². The van der Waals surface area contributed by atoms with Crippen LogP contribution >= 0.6 is 0 Å². The van der Waals surface area contributed by atoms with Gasteiger partial charge in [0.05, 0.1) is 23.5 Å². The number of anilines is 2. The second-order valence-electron chi connectivity index (χ2n) is 6.91. The fraction of sp³-hybridized carbons (Fsp3) is 0.348. The van der Waals surface area contributed by atoms with Gasteiger partial charge >= 0.3 is 6.09 Å². The van der Waals surface area contributed by atoms with Gasteiger partial charge in [-0.05, 0) is 37.6 Å². The third-order valence-corrected chi connectivity index (χ3v) is 4.84. The van der Waals surface area contributed by atoms with Crippen molar-refractivity contribution in [3.63, 3.8) is 0 Å². The molecule has 3 N–H and O–H groups in total. The first-order valence-electron chi connectivity index (χ1n) is 10.2. The molecule has 30 heavy (non-hydrogen) atoms. The summed E-state index contributed by atoms with van der Waals surface area (Å²) in [5.41, 5.74) is 10.8. The zero-order chi connectivity index (χ0) is 21.5. The van der Waals surface area contributed by atoms with Crippen LogP contribution in [0, 0.1) is 0 Å². The molecule has 0 unspecified atom stereocenters. The third-order valence-electron chi connectivity index (χ3n) is 4.84. The summed E-state index contributed by atoms with van der Waals surface area (Å²) >= 11 is 0. The number of nitrogens with zero attached hydrogens (tertiary/aromatic N) is 1. The van der Waals surface area contributed by atoms with Gasteiger partial charge in [-0.2, -0.15) is 0 Å². The molecule has 0 aliphatic rings. The van der Waals surface area contributed by atoms with E-state index < -0.39 is 12.8 Å². The van der Waals surface area contributed by atoms with Gasteiger partial charge in [-0.3, -0.25) is 5.32 Å². The predicted octanol–water partition coefficient (Wildman–Crippen LogP) is 5.61. The van der Waals surface area contributed by atoms with Crippen molar-refractivity contribution in [2.24, 2.45) is 0 Å². The van der Waals surface area contributed by atoms with Gasteiger partial charge in [-0.1, -0.05) is 25.5 Å². The molecule has 0 aliphatic heterocycles. The molecule has 160 valence electrons. The minimum Gasteiger partial charge on any atom is -0.494 e. The van der Waals surface area contributed by atoms with Crippen molar-refractivity contribution in [2.45, 2.75) is 33.2 Å². The van der Waals surface area contributed by atoms with Crippen molar-refractivity contribution >= 4 is 28.4 Å². The molecule has 0 bridgehead atoms. The van der Waals surface area contributed by atoms with Gasteiger partial charge in [0, 0.05) is 29.2 Å². The average molecular weight is 413 g/mol. The number of carbonyl (C=O) groups is 1. The number of carbonyl (C=O) groups excluding carboxylic acids is 1. The Hall–Kier alpha value is -3.22. The molecule has 0 radical (unpaired) electrons. The fourth-order valence-corrected chi connectivity index (χ4v) is 3.47. The minimum atomic E-state index is -0.709. The molecular formula is C23H28FN3O3. The predicted molar refractivity (Wildman–Crippen MR) is 119 cm³/mol. The topological polar surface area (TPSA) is 78.5 Å². The highest BCUT2D eigenvalue weighted by Gasteiger charge is 2.17. The lowest BCUT2D eigenvalue weighted by Crippen LogP contribution is -2.14. The van der Waals surface area contributed by atoms with Gasteiger partial charge in [0.15, 0.2) is 0 Å². The van der Waals surface area contributed by atoms with Crippen LogP contribution in [0.5, 0.6) is 5.75 Å². The van der Waals surface area contributed by atoms with Crippen LogP contribution < -0.4 is 15.8 Å². The van der Waals surface area contributed by atoms with E-state index in [1.54, 1.807) is 12.1 Å². The number of fused-ring (bicyclic) bond motifs is 1. The number of amides is 1. The van der Waals surface area contributed by atoms with Crippen molar-refractivity contribution in [1.29, 1.82) is 0 Å². The Morgan fingerprint density at radius 1 is 1.17 bits per heavy atom. The first-order valence-corrected chi connectivity index (χ1v) is 10.2. The van der Waals surface area contributed by atoms with Crippen LogP contribution in [0.3, 0.4) is 0 Å². The summed E-state index contributed by atoms with van der Waals surface area (Å²) in [4.78, 5) is 11.6. The van der Waals surface area contributed by atoms with Gasteiger partial charge in [0.25, 0.3) is 0 Å². The molecule has 6 nitrogen and oxygen atoms in total. The quantitative estimate of drug-likeness (QED) is 0.478. The van der Waals surface area contributed by atoms with Crippen molar-refractivity contribution in [3.05, 3.63) is 42.5 Å². The lowest BCUT2D eigenvalue weighted by atomic mass is 10.1. The molecular weight excluding hydrogens is 385 g/mol. The largest absolute Gasteiger partial charge is 0.494 e. The van der Waals surface area contributed by atoms with Gasteiger partial charge in [0.1, 0.15) is 19.0 Å². The number of halogens is 1. The van der Waals surface area contributed by atoms with E-state index in [1.807, 2.05) is 37.3 Å². The molecule has 7 heteroatoms. The Kier molecular flexibility index (Phi) is 7.17. The summed E-state index contributed by atoms with van der Waals surface area (Å²) in [5, 5.41) is 3.57. The molecule has 0 saturated heterocycles. The molecule has 1 heterocycles. The van der Waals surface area contributed by atoms with E-state index in [2.05, 4.69) is 16.8 Å². The number of alkyl halides is 1. The lowest BCUT2D eigenvalue weighted by Gasteiger charge is -2.12. The van der Waals surface area contributed by atoms with Crippen LogP contribution in [0.4, 0.5) is 20.6 Å². The number of unbranched alkanes of at least 4 members (excludes halogenated alkanes) is 1. The van der Waals surface area contributed by atoms with E-state index in [9.17, 15) is 9.18 Å². The normalized spacial score (nSPS) is 10.9. The van der Waals surface area contributed by atoms with Gasteiger partial charge < -0.3 is 19.8 Å². The molecule has 1 amide bonds. The number of hydrogen-bond donors (Lipinski definition) is 2. The molecule has 0 fully saturated rings. The Morgan fingerprint density at radius 3 is 2.60 bits per heavy atom. The Labute approximate surface area is 175 Å². The summed E-state index contributed by atoms with van der Waals surface area (Å²) in [6.45, 7) is 4.59. The van der Waals surface area contributed by atoms with Crippen LogP contribution in [0.1, 0.15) is 26.7 Å². The molecule has 1 aromatic heterocycles. The highest BCUT2D eigenvalue weighted by Crippen LogP contribution is 2.38. The first-order chi connectivity index (χ1) is 14.6. The zero-order valence-corrected chi connectivity index (χ0v) is 17.4. The number of rotatable bonds is 9. The molecule has 0 aliphatic carbocycles. The number of nitrogens with one attached hydrogen (secondary N) is 1. The smallest absolute Gasteiger partial charge is 0.411 e. The first kappa shape index (κ1) is 21.5. The van der Waals surface area contributed by atoms with E-state index >= 15 is 0 Å². The maximum Gasteiger partial charge on any atom is 0.411 e. The van der Waals surface area contributed by atoms with Gasteiger partial charge in [-0.15, -0.1) is 0 Å². The van der Waals surface area contributed by atoms with Gasteiger partial charge in [-0.25, -0.2) is 9.18 Å². The summed E-state index contributed by atoms with van der Waals surface area (Å²) in [6.07, 6.45) is 1.41. The van der Waals surface area contributed by atoms with Crippen LogP contribution in [0.2, 0.25) is 0 Å². The minimum absolute atomic E-state index is 0.262. The van der Waals surface area contributed by atoms with E-state index in [0.29, 0.717) is 18.0 Å². The standard InChI is InChI=1S/C23H28FN3O3/c1-3-5-13-27-20-15-18(29-4-2)10-11-19(20)21(25)22(27)16-6-8-17(9-7-16)26-23(28)30-14-12-24/h6-11,15H,3-5,12-14,25H2,1-2H3,(H,26,28). The molecule has 0 atom stereocenters. The van der Waals surface area contributed by atoms with Crippen LogP contribution in [0.25, 0.3) is 22.2 Å². The van der Waals surface area contributed by atoms with Gasteiger partial charge in [0.2, 0.25) is 0 Å². The third kappa shape index (κ3) is 4.67. The SMILES string of the molecule is CCCCn1c(-c2ccc(NC(=O)OCCF)cc2)c(N)c2ccc(OCC)cc21. The fourth-order valence-electron chi connectivity index (χ4n) is 3.47. The van der Waals surface area contributed by atoms with Crippen LogP contribution in [0.15, 0.2) is 42.5 Å². The van der Waals surface area contributed by atoms with E-state index in [0.717, 1.165) is 47.3 Å². The van der Waals surface area contributed by atoms with Crippen LogP contribution in [-0.2, 0) is 11.3 Å². The summed E-state index contributed by atoms with van der Waals surface area (Å²) in [7, 11) is 0.